The molecular weight excluding hydrogens is 188 g/mol. The van der Waals surface area contributed by atoms with Crippen LogP contribution in [0.25, 0.3) is 0 Å². The van der Waals surface area contributed by atoms with Gasteiger partial charge in [0.25, 0.3) is 0 Å². The predicted octanol–water partition coefficient (Wildman–Crippen LogP) is 1.91. The van der Waals surface area contributed by atoms with Gasteiger partial charge in [0.1, 0.15) is 6.23 Å². The van der Waals surface area contributed by atoms with Crippen molar-refractivity contribution in [3.63, 3.8) is 0 Å². The molecule has 1 aromatic heterocycles. The van der Waals surface area contributed by atoms with E-state index in [1.807, 2.05) is 19.3 Å². The minimum absolute atomic E-state index is 0.224. The maximum absolute atomic E-state index is 5.61. The van der Waals surface area contributed by atoms with Gasteiger partial charge in [-0.2, -0.15) is 0 Å². The molecule has 0 aromatic carbocycles. The van der Waals surface area contributed by atoms with Crippen molar-refractivity contribution in [1.82, 2.24) is 10.3 Å². The fourth-order valence-corrected chi connectivity index (χ4v) is 2.14. The number of hydrogen-bond donors (Lipinski definition) is 1. The minimum atomic E-state index is 0.224. The fourth-order valence-electron chi connectivity index (χ4n) is 2.14. The number of pyridine rings is 1. The molecule has 3 nitrogen and oxygen atoms in total. The van der Waals surface area contributed by atoms with Gasteiger partial charge in [-0.25, -0.2) is 0 Å². The van der Waals surface area contributed by atoms with E-state index in [0.29, 0.717) is 5.92 Å². The lowest BCUT2D eigenvalue weighted by molar-refractivity contribution is 0.0144. The molecule has 2 heterocycles. The Bertz CT molecular complexity index is 287. The smallest absolute Gasteiger partial charge is 0.108 e. The summed E-state index contributed by atoms with van der Waals surface area (Å²) in [6.45, 7) is 3.86. The lowest BCUT2D eigenvalue weighted by Crippen LogP contribution is -2.39. The summed E-state index contributed by atoms with van der Waals surface area (Å²) in [4.78, 5) is 4.05. The van der Waals surface area contributed by atoms with E-state index in [1.165, 1.54) is 12.0 Å². The molecule has 1 aliphatic rings. The number of rotatable bonds is 3. The maximum atomic E-state index is 5.61. The van der Waals surface area contributed by atoms with Crippen LogP contribution in [-0.2, 0) is 4.74 Å². The molecule has 1 aliphatic heterocycles. The van der Waals surface area contributed by atoms with Crippen molar-refractivity contribution in [2.45, 2.75) is 31.9 Å². The molecule has 1 saturated heterocycles. The normalized spacial score (nSPS) is 26.5. The molecule has 0 amide bonds. The monoisotopic (exact) mass is 206 g/mol. The standard InChI is InChI=1S/C12H18N2O/c1-2-15-12-9-11(5-8-14-12)10-3-6-13-7-4-10/h3-4,6-7,11-12,14H,2,5,8-9H2,1H3/t11-,12-/m1/s1. The first-order chi connectivity index (χ1) is 7.40. The summed E-state index contributed by atoms with van der Waals surface area (Å²) < 4.78 is 5.61. The molecule has 0 aliphatic carbocycles. The fraction of sp³-hybridized carbons (Fsp3) is 0.583. The van der Waals surface area contributed by atoms with Gasteiger partial charge in [0, 0.05) is 19.0 Å². The maximum Gasteiger partial charge on any atom is 0.108 e. The third-order valence-corrected chi connectivity index (χ3v) is 2.91. The van der Waals surface area contributed by atoms with Crippen LogP contribution in [0.1, 0.15) is 31.2 Å². The van der Waals surface area contributed by atoms with E-state index in [-0.39, 0.29) is 6.23 Å². The van der Waals surface area contributed by atoms with Crippen molar-refractivity contribution in [3.05, 3.63) is 30.1 Å². The zero-order chi connectivity index (χ0) is 10.5. The Hall–Kier alpha value is -0.930. The summed E-state index contributed by atoms with van der Waals surface area (Å²) in [6.07, 6.45) is 6.22. The molecule has 0 radical (unpaired) electrons. The van der Waals surface area contributed by atoms with Crippen LogP contribution in [0.15, 0.2) is 24.5 Å². The van der Waals surface area contributed by atoms with E-state index >= 15 is 0 Å². The molecule has 0 spiro atoms. The topological polar surface area (TPSA) is 34.1 Å². The second kappa shape index (κ2) is 5.24. The van der Waals surface area contributed by atoms with Gasteiger partial charge in [-0.3, -0.25) is 10.3 Å². The summed E-state index contributed by atoms with van der Waals surface area (Å²) in [6, 6.07) is 4.22. The molecule has 2 rings (SSSR count). The van der Waals surface area contributed by atoms with Crippen molar-refractivity contribution in [2.75, 3.05) is 13.2 Å². The highest BCUT2D eigenvalue weighted by Crippen LogP contribution is 2.27. The molecule has 82 valence electrons. The second-order valence-corrected chi connectivity index (χ2v) is 3.90. The van der Waals surface area contributed by atoms with Crippen molar-refractivity contribution in [2.24, 2.45) is 0 Å². The first kappa shape index (κ1) is 10.6. The van der Waals surface area contributed by atoms with E-state index in [4.69, 9.17) is 4.74 Å². The lowest BCUT2D eigenvalue weighted by Gasteiger charge is -2.30. The third kappa shape index (κ3) is 2.76. The first-order valence-electron chi connectivity index (χ1n) is 5.65. The molecular formula is C12H18N2O. The molecule has 15 heavy (non-hydrogen) atoms. The summed E-state index contributed by atoms with van der Waals surface area (Å²) in [5, 5.41) is 3.38. The second-order valence-electron chi connectivity index (χ2n) is 3.90. The van der Waals surface area contributed by atoms with Crippen molar-refractivity contribution < 1.29 is 4.74 Å². The van der Waals surface area contributed by atoms with Gasteiger partial charge in [-0.05, 0) is 49.9 Å². The van der Waals surface area contributed by atoms with Gasteiger partial charge in [0.05, 0.1) is 0 Å². The molecule has 2 atom stereocenters. The number of piperidine rings is 1. The molecule has 0 unspecified atom stereocenters. The molecule has 0 saturated carbocycles. The van der Waals surface area contributed by atoms with Crippen LogP contribution in [0, 0.1) is 0 Å². The highest BCUT2D eigenvalue weighted by atomic mass is 16.5. The van der Waals surface area contributed by atoms with Crippen molar-refractivity contribution in [3.8, 4) is 0 Å². The number of aromatic nitrogens is 1. The molecule has 3 heteroatoms. The zero-order valence-corrected chi connectivity index (χ0v) is 9.15. The Morgan fingerprint density at radius 3 is 3.00 bits per heavy atom. The summed E-state index contributed by atoms with van der Waals surface area (Å²) in [7, 11) is 0. The summed E-state index contributed by atoms with van der Waals surface area (Å²) >= 11 is 0. The minimum Gasteiger partial charge on any atom is -0.364 e. The highest BCUT2D eigenvalue weighted by Gasteiger charge is 2.22. The van der Waals surface area contributed by atoms with Gasteiger partial charge in [-0.15, -0.1) is 0 Å². The Balaban J connectivity index is 1.98. The Kier molecular flexibility index (Phi) is 3.69. The average molecular weight is 206 g/mol. The van der Waals surface area contributed by atoms with E-state index in [1.54, 1.807) is 0 Å². The first-order valence-corrected chi connectivity index (χ1v) is 5.65. The van der Waals surface area contributed by atoms with Crippen LogP contribution in [0.3, 0.4) is 0 Å². The molecule has 1 aromatic rings. The van der Waals surface area contributed by atoms with Crippen LogP contribution in [0.2, 0.25) is 0 Å². The zero-order valence-electron chi connectivity index (χ0n) is 9.15. The Morgan fingerprint density at radius 2 is 2.27 bits per heavy atom. The molecule has 0 bridgehead atoms. The number of nitrogens with zero attached hydrogens (tertiary/aromatic N) is 1. The quantitative estimate of drug-likeness (QED) is 0.820. The average Bonchev–Trinajstić information content (AvgIpc) is 2.31. The van der Waals surface area contributed by atoms with Crippen LogP contribution in [0.4, 0.5) is 0 Å². The Labute approximate surface area is 90.9 Å². The number of hydrogen-bond acceptors (Lipinski definition) is 3. The molecule has 1 fully saturated rings. The van der Waals surface area contributed by atoms with Crippen LogP contribution in [-0.4, -0.2) is 24.4 Å². The van der Waals surface area contributed by atoms with E-state index in [9.17, 15) is 0 Å². The van der Waals surface area contributed by atoms with Crippen LogP contribution < -0.4 is 5.32 Å². The van der Waals surface area contributed by atoms with Gasteiger partial charge < -0.3 is 4.74 Å². The SMILES string of the molecule is CCO[C@@H]1C[C@H](c2ccncc2)CCN1. The van der Waals surface area contributed by atoms with Gasteiger partial charge >= 0.3 is 0 Å². The van der Waals surface area contributed by atoms with Crippen molar-refractivity contribution in [1.29, 1.82) is 0 Å². The van der Waals surface area contributed by atoms with E-state index in [0.717, 1.165) is 19.6 Å². The predicted molar refractivity (Wildman–Crippen MR) is 59.6 cm³/mol. The van der Waals surface area contributed by atoms with Crippen LogP contribution in [0.5, 0.6) is 0 Å². The number of nitrogens with one attached hydrogen (secondary N) is 1. The van der Waals surface area contributed by atoms with Gasteiger partial charge in [0.2, 0.25) is 0 Å². The highest BCUT2D eigenvalue weighted by molar-refractivity contribution is 5.16. The number of ether oxygens (including phenoxy) is 1. The summed E-state index contributed by atoms with van der Waals surface area (Å²) in [5.74, 6) is 0.616. The van der Waals surface area contributed by atoms with Crippen LogP contribution >= 0.6 is 0 Å². The van der Waals surface area contributed by atoms with Crippen molar-refractivity contribution >= 4 is 0 Å². The van der Waals surface area contributed by atoms with Gasteiger partial charge in [0.15, 0.2) is 0 Å². The van der Waals surface area contributed by atoms with Gasteiger partial charge in [-0.1, -0.05) is 0 Å². The van der Waals surface area contributed by atoms with E-state index in [2.05, 4.69) is 22.4 Å². The third-order valence-electron chi connectivity index (χ3n) is 2.91. The lowest BCUT2D eigenvalue weighted by atomic mass is 9.90. The van der Waals surface area contributed by atoms with E-state index < -0.39 is 0 Å². The largest absolute Gasteiger partial charge is 0.364 e. The molecule has 1 N–H and O–H groups in total. The Morgan fingerprint density at radius 1 is 1.47 bits per heavy atom. The summed E-state index contributed by atoms with van der Waals surface area (Å²) in [5.41, 5.74) is 1.39.